The van der Waals surface area contributed by atoms with Crippen LogP contribution < -0.4 is 10.6 Å². The summed E-state index contributed by atoms with van der Waals surface area (Å²) >= 11 is 1.49. The number of aryl methyl sites for hydroxylation is 2. The number of nitrogens with one attached hydrogen (secondary N) is 2. The number of benzene rings is 3. The molecule has 0 spiro atoms. The number of nitrogens with zero attached hydrogens (tertiary/aromatic N) is 1. The van der Waals surface area contributed by atoms with Crippen molar-refractivity contribution in [1.29, 1.82) is 0 Å². The van der Waals surface area contributed by atoms with Crippen molar-refractivity contribution in [3.8, 4) is 0 Å². The maximum Gasteiger partial charge on any atom is 0.251 e. The van der Waals surface area contributed by atoms with E-state index in [1.54, 1.807) is 0 Å². The first-order chi connectivity index (χ1) is 16.4. The first-order valence-electron chi connectivity index (χ1n) is 11.0. The Morgan fingerprint density at radius 3 is 2.56 bits per heavy atom. The predicted octanol–water partition coefficient (Wildman–Crippen LogP) is 5.56. The number of amides is 2. The van der Waals surface area contributed by atoms with Crippen LogP contribution in [-0.2, 0) is 11.3 Å². The smallest absolute Gasteiger partial charge is 0.251 e. The van der Waals surface area contributed by atoms with Gasteiger partial charge < -0.3 is 15.2 Å². The molecule has 0 aliphatic carbocycles. The highest BCUT2D eigenvalue weighted by Gasteiger charge is 2.12. The molecule has 174 valence electrons. The van der Waals surface area contributed by atoms with E-state index in [0.717, 1.165) is 32.6 Å². The van der Waals surface area contributed by atoms with Crippen LogP contribution >= 0.6 is 11.8 Å². The summed E-state index contributed by atoms with van der Waals surface area (Å²) in [7, 11) is 0. The maximum atomic E-state index is 13.1. The molecule has 4 rings (SSSR count). The van der Waals surface area contributed by atoms with Crippen LogP contribution in [0, 0.1) is 19.7 Å². The van der Waals surface area contributed by atoms with Crippen molar-refractivity contribution in [2.24, 2.45) is 0 Å². The highest BCUT2D eigenvalue weighted by Crippen LogP contribution is 2.30. The van der Waals surface area contributed by atoms with Crippen molar-refractivity contribution in [2.45, 2.75) is 25.3 Å². The number of anilines is 1. The second-order valence-corrected chi connectivity index (χ2v) is 9.14. The molecule has 0 aliphatic rings. The van der Waals surface area contributed by atoms with E-state index < -0.39 is 0 Å². The Bertz CT molecular complexity index is 1330. The lowest BCUT2D eigenvalue weighted by Gasteiger charge is -2.09. The Labute approximate surface area is 202 Å². The summed E-state index contributed by atoms with van der Waals surface area (Å²) in [5, 5.41) is 6.95. The lowest BCUT2D eigenvalue weighted by atomic mass is 10.1. The third-order valence-electron chi connectivity index (χ3n) is 5.52. The van der Waals surface area contributed by atoms with Crippen molar-refractivity contribution < 1.29 is 14.0 Å². The molecule has 0 radical (unpaired) electrons. The van der Waals surface area contributed by atoms with Crippen molar-refractivity contribution in [1.82, 2.24) is 9.88 Å². The van der Waals surface area contributed by atoms with Gasteiger partial charge in [0.2, 0.25) is 5.91 Å². The number of halogens is 1. The Hall–Kier alpha value is -3.58. The van der Waals surface area contributed by atoms with E-state index in [1.165, 1.54) is 36.0 Å². The van der Waals surface area contributed by atoms with E-state index in [0.29, 0.717) is 24.4 Å². The fourth-order valence-electron chi connectivity index (χ4n) is 3.71. The molecule has 34 heavy (non-hydrogen) atoms. The largest absolute Gasteiger partial charge is 0.350 e. The fourth-order valence-corrected chi connectivity index (χ4v) is 4.60. The van der Waals surface area contributed by atoms with Gasteiger partial charge in [-0.15, -0.1) is 11.8 Å². The molecule has 0 atom stereocenters. The Balaban J connectivity index is 1.39. The van der Waals surface area contributed by atoms with Crippen LogP contribution in [0.25, 0.3) is 10.9 Å². The monoisotopic (exact) mass is 475 g/mol. The van der Waals surface area contributed by atoms with Crippen LogP contribution in [0.4, 0.5) is 10.1 Å². The average Bonchev–Trinajstić information content (AvgIpc) is 3.18. The Kier molecular flexibility index (Phi) is 7.33. The number of rotatable bonds is 8. The van der Waals surface area contributed by atoms with Crippen LogP contribution in [0.2, 0.25) is 0 Å². The fraction of sp³-hybridized carbons (Fsp3) is 0.185. The second kappa shape index (κ2) is 10.6. The van der Waals surface area contributed by atoms with Crippen LogP contribution in [0.3, 0.4) is 0 Å². The van der Waals surface area contributed by atoms with Gasteiger partial charge >= 0.3 is 0 Å². The normalized spacial score (nSPS) is 10.9. The number of para-hydroxylation sites is 1. The van der Waals surface area contributed by atoms with Crippen molar-refractivity contribution >= 4 is 40.2 Å². The molecule has 7 heteroatoms. The molecule has 5 nitrogen and oxygen atoms in total. The minimum atomic E-state index is -0.372. The first-order valence-corrected chi connectivity index (χ1v) is 12.0. The second-order valence-electron chi connectivity index (χ2n) is 8.12. The zero-order valence-electron chi connectivity index (χ0n) is 19.1. The van der Waals surface area contributed by atoms with Gasteiger partial charge in [0.25, 0.3) is 5.91 Å². The van der Waals surface area contributed by atoms with E-state index in [9.17, 15) is 14.0 Å². The molecule has 0 saturated carbocycles. The zero-order chi connectivity index (χ0) is 24.1. The summed E-state index contributed by atoms with van der Waals surface area (Å²) in [6.07, 6.45) is 2.02. The van der Waals surface area contributed by atoms with Gasteiger partial charge in [-0.05, 0) is 61.4 Å². The van der Waals surface area contributed by atoms with Gasteiger partial charge in [-0.2, -0.15) is 0 Å². The van der Waals surface area contributed by atoms with Gasteiger partial charge in [-0.1, -0.05) is 30.3 Å². The van der Waals surface area contributed by atoms with E-state index in [4.69, 9.17) is 0 Å². The average molecular weight is 476 g/mol. The molecule has 0 saturated heterocycles. The number of hydrogen-bond acceptors (Lipinski definition) is 3. The molecule has 2 amide bonds. The van der Waals surface area contributed by atoms with Crippen LogP contribution in [0.15, 0.2) is 77.8 Å². The third-order valence-corrected chi connectivity index (χ3v) is 6.57. The molecule has 0 fully saturated rings. The van der Waals surface area contributed by atoms with Crippen molar-refractivity contribution in [3.63, 3.8) is 0 Å². The van der Waals surface area contributed by atoms with E-state index in [-0.39, 0.29) is 17.6 Å². The minimum absolute atomic E-state index is 0.0536. The molecular formula is C27H26FN3O2S. The van der Waals surface area contributed by atoms with E-state index in [1.807, 2.05) is 62.5 Å². The highest BCUT2D eigenvalue weighted by atomic mass is 32.2. The third kappa shape index (κ3) is 5.66. The van der Waals surface area contributed by atoms with Gasteiger partial charge in [-0.3, -0.25) is 9.59 Å². The number of hydrogen-bond donors (Lipinski definition) is 2. The summed E-state index contributed by atoms with van der Waals surface area (Å²) < 4.78 is 15.1. The van der Waals surface area contributed by atoms with Crippen molar-refractivity contribution in [3.05, 3.63) is 95.4 Å². The molecular weight excluding hydrogens is 449 g/mol. The molecule has 2 N–H and O–H groups in total. The predicted molar refractivity (Wildman–Crippen MR) is 136 cm³/mol. The van der Waals surface area contributed by atoms with Gasteiger partial charge in [0, 0.05) is 46.3 Å². The van der Waals surface area contributed by atoms with Gasteiger partial charge in [0.05, 0.1) is 5.75 Å². The van der Waals surface area contributed by atoms with Crippen molar-refractivity contribution in [2.75, 3.05) is 17.6 Å². The number of thioether (sulfide) groups is 1. The first kappa shape index (κ1) is 23.6. The van der Waals surface area contributed by atoms with Gasteiger partial charge in [0.15, 0.2) is 0 Å². The van der Waals surface area contributed by atoms with Crippen LogP contribution in [0.5, 0.6) is 0 Å². The maximum absolute atomic E-state index is 13.1. The summed E-state index contributed by atoms with van der Waals surface area (Å²) in [5.41, 5.74) is 4.43. The topological polar surface area (TPSA) is 63.1 Å². The molecule has 1 aromatic heterocycles. The highest BCUT2D eigenvalue weighted by molar-refractivity contribution is 8.00. The number of carbonyl (C=O) groups is 2. The molecule has 0 bridgehead atoms. The quantitative estimate of drug-likeness (QED) is 0.328. The minimum Gasteiger partial charge on any atom is -0.350 e. The molecule has 0 aliphatic heterocycles. The number of carbonyl (C=O) groups excluding carboxylic acids is 2. The number of aromatic nitrogens is 1. The summed E-state index contributed by atoms with van der Waals surface area (Å²) in [6.45, 7) is 4.97. The Morgan fingerprint density at radius 2 is 1.76 bits per heavy atom. The molecule has 1 heterocycles. The molecule has 3 aromatic carbocycles. The summed E-state index contributed by atoms with van der Waals surface area (Å²) in [6, 6.07) is 19.5. The summed E-state index contributed by atoms with van der Waals surface area (Å²) in [5.74, 6) is -0.373. The summed E-state index contributed by atoms with van der Waals surface area (Å²) in [4.78, 5) is 25.9. The molecule has 4 aromatic rings. The zero-order valence-corrected chi connectivity index (χ0v) is 19.9. The molecule has 0 unspecified atom stereocenters. The lowest BCUT2D eigenvalue weighted by Crippen LogP contribution is -2.27. The number of fused-ring (bicyclic) bond motifs is 1. The SMILES string of the molecule is Cc1ccc(C)c(NC(=O)CSc2cn(CCNC(=O)c3ccc(F)cc3)c3ccccc23)c1. The Morgan fingerprint density at radius 1 is 1.00 bits per heavy atom. The van der Waals surface area contributed by atoms with E-state index in [2.05, 4.69) is 15.2 Å². The van der Waals surface area contributed by atoms with Gasteiger partial charge in [0.1, 0.15) is 5.82 Å². The van der Waals surface area contributed by atoms with Crippen LogP contribution in [0.1, 0.15) is 21.5 Å². The van der Waals surface area contributed by atoms with E-state index >= 15 is 0 Å². The van der Waals surface area contributed by atoms with Gasteiger partial charge in [-0.25, -0.2) is 4.39 Å². The lowest BCUT2D eigenvalue weighted by molar-refractivity contribution is -0.113. The standard InChI is InChI=1S/C27H26FN3O2S/c1-18-7-8-19(2)23(15-18)30-26(32)17-34-25-16-31(24-6-4-3-5-22(24)25)14-13-29-27(33)20-9-11-21(28)12-10-20/h3-12,15-16H,13-14,17H2,1-2H3,(H,29,33)(H,30,32). The van der Waals surface area contributed by atoms with Crippen LogP contribution in [-0.4, -0.2) is 28.7 Å².